The molecule has 15 heavy (non-hydrogen) atoms. The third-order valence-electron chi connectivity index (χ3n) is 3.94. The van der Waals surface area contributed by atoms with Gasteiger partial charge in [-0.25, -0.2) is 0 Å². The molecule has 1 saturated carbocycles. The predicted molar refractivity (Wildman–Crippen MR) is 68.3 cm³/mol. The van der Waals surface area contributed by atoms with E-state index in [0.717, 1.165) is 17.8 Å². The van der Waals surface area contributed by atoms with Gasteiger partial charge in [-0.2, -0.15) is 11.3 Å². The molecule has 0 spiro atoms. The van der Waals surface area contributed by atoms with E-state index in [4.69, 9.17) is 0 Å². The Morgan fingerprint density at radius 3 is 2.53 bits per heavy atom. The van der Waals surface area contributed by atoms with Gasteiger partial charge < -0.3 is 0 Å². The van der Waals surface area contributed by atoms with Gasteiger partial charge in [-0.3, -0.25) is 0 Å². The van der Waals surface area contributed by atoms with Crippen LogP contribution in [0.5, 0.6) is 0 Å². The number of thiophene rings is 1. The summed E-state index contributed by atoms with van der Waals surface area (Å²) >= 11 is 1.83. The quantitative estimate of drug-likeness (QED) is 0.692. The maximum absolute atomic E-state index is 2.38. The smallest absolute Gasteiger partial charge is 0.00612 e. The first-order valence-corrected chi connectivity index (χ1v) is 7.21. The fourth-order valence-electron chi connectivity index (χ4n) is 2.80. The van der Waals surface area contributed by atoms with E-state index in [1.54, 1.807) is 5.56 Å². The van der Waals surface area contributed by atoms with Crippen LogP contribution < -0.4 is 0 Å². The van der Waals surface area contributed by atoms with Gasteiger partial charge in [0, 0.05) is 0 Å². The molecule has 1 aliphatic rings. The molecular formula is C14H22S. The van der Waals surface area contributed by atoms with Gasteiger partial charge in [0.25, 0.3) is 0 Å². The molecule has 1 aliphatic carbocycles. The van der Waals surface area contributed by atoms with Crippen LogP contribution in [0.15, 0.2) is 16.8 Å². The summed E-state index contributed by atoms with van der Waals surface area (Å²) in [5, 5.41) is 4.52. The molecule has 1 aromatic rings. The zero-order valence-electron chi connectivity index (χ0n) is 9.91. The van der Waals surface area contributed by atoms with E-state index in [2.05, 4.69) is 30.7 Å². The highest BCUT2D eigenvalue weighted by molar-refractivity contribution is 7.07. The molecule has 0 nitrogen and oxygen atoms in total. The minimum atomic E-state index is 0.895. The summed E-state index contributed by atoms with van der Waals surface area (Å²) in [6.07, 6.45) is 7.17. The number of hydrogen-bond acceptors (Lipinski definition) is 1. The van der Waals surface area contributed by atoms with Crippen LogP contribution in [0.4, 0.5) is 0 Å². The molecule has 1 aromatic heterocycles. The Hall–Kier alpha value is -0.300. The second-order valence-electron chi connectivity index (χ2n) is 5.36. The lowest BCUT2D eigenvalue weighted by Gasteiger charge is -2.30. The largest absolute Gasteiger partial charge is 0.152 e. The van der Waals surface area contributed by atoms with Gasteiger partial charge >= 0.3 is 0 Å². The highest BCUT2D eigenvalue weighted by Gasteiger charge is 2.23. The summed E-state index contributed by atoms with van der Waals surface area (Å²) in [7, 11) is 0. The van der Waals surface area contributed by atoms with Crippen LogP contribution in [0.1, 0.15) is 45.1 Å². The van der Waals surface area contributed by atoms with E-state index < -0.39 is 0 Å². The average Bonchev–Trinajstić information content (AvgIpc) is 2.71. The van der Waals surface area contributed by atoms with Crippen LogP contribution >= 0.6 is 11.3 Å². The van der Waals surface area contributed by atoms with Crippen molar-refractivity contribution < 1.29 is 0 Å². The molecule has 2 rings (SSSR count). The van der Waals surface area contributed by atoms with E-state index in [-0.39, 0.29) is 0 Å². The first kappa shape index (κ1) is 11.2. The molecule has 0 amide bonds. The molecule has 0 unspecified atom stereocenters. The van der Waals surface area contributed by atoms with Crippen molar-refractivity contribution >= 4 is 11.3 Å². The van der Waals surface area contributed by atoms with Crippen LogP contribution in [0.3, 0.4) is 0 Å². The zero-order valence-corrected chi connectivity index (χ0v) is 10.7. The Bertz CT molecular complexity index is 266. The first-order valence-electron chi connectivity index (χ1n) is 6.26. The fraction of sp³-hybridized carbons (Fsp3) is 0.714. The maximum Gasteiger partial charge on any atom is -0.00612 e. The van der Waals surface area contributed by atoms with E-state index in [0.29, 0.717) is 0 Å². The lowest BCUT2D eigenvalue weighted by molar-refractivity contribution is 0.223. The van der Waals surface area contributed by atoms with Crippen molar-refractivity contribution in [2.45, 2.75) is 46.0 Å². The lowest BCUT2D eigenvalue weighted by atomic mass is 9.75. The molecule has 0 aromatic carbocycles. The van der Waals surface area contributed by atoms with Crippen LogP contribution in [0.2, 0.25) is 0 Å². The number of hydrogen-bond donors (Lipinski definition) is 0. The second kappa shape index (κ2) is 5.16. The summed E-state index contributed by atoms with van der Waals surface area (Å²) in [6, 6.07) is 2.29. The van der Waals surface area contributed by atoms with Crippen molar-refractivity contribution in [1.82, 2.24) is 0 Å². The van der Waals surface area contributed by atoms with Crippen LogP contribution in [-0.2, 0) is 6.42 Å². The Kier molecular flexibility index (Phi) is 3.85. The van der Waals surface area contributed by atoms with Gasteiger partial charge in [0.2, 0.25) is 0 Å². The Morgan fingerprint density at radius 1 is 1.27 bits per heavy atom. The van der Waals surface area contributed by atoms with Gasteiger partial charge in [0.05, 0.1) is 0 Å². The molecule has 1 heterocycles. The topological polar surface area (TPSA) is 0 Å². The van der Waals surface area contributed by atoms with Crippen LogP contribution in [-0.4, -0.2) is 0 Å². The summed E-state index contributed by atoms with van der Waals surface area (Å²) in [5.41, 5.74) is 1.56. The Balaban J connectivity index is 1.79. The van der Waals surface area contributed by atoms with Crippen LogP contribution in [0.25, 0.3) is 0 Å². The van der Waals surface area contributed by atoms with Crippen molar-refractivity contribution in [3.05, 3.63) is 22.4 Å². The molecular weight excluding hydrogens is 200 g/mol. The fourth-order valence-corrected chi connectivity index (χ4v) is 3.48. The summed E-state index contributed by atoms with van der Waals surface area (Å²) < 4.78 is 0. The predicted octanol–water partition coefficient (Wildman–Crippen LogP) is 4.75. The average molecular weight is 222 g/mol. The highest BCUT2D eigenvalue weighted by Crippen LogP contribution is 2.34. The molecule has 84 valence electrons. The molecule has 0 aliphatic heterocycles. The van der Waals surface area contributed by atoms with E-state index in [1.165, 1.54) is 32.1 Å². The third kappa shape index (κ3) is 3.07. The van der Waals surface area contributed by atoms with Crippen molar-refractivity contribution in [3.63, 3.8) is 0 Å². The molecule has 1 heteroatoms. The van der Waals surface area contributed by atoms with Gasteiger partial charge in [0.15, 0.2) is 0 Å². The minimum absolute atomic E-state index is 0.895. The maximum atomic E-state index is 2.38. The number of rotatable bonds is 3. The van der Waals surface area contributed by atoms with Gasteiger partial charge in [0.1, 0.15) is 0 Å². The molecule has 0 bridgehead atoms. The normalized spacial score (nSPS) is 27.1. The minimum Gasteiger partial charge on any atom is -0.152 e. The lowest BCUT2D eigenvalue weighted by Crippen LogP contribution is -2.19. The van der Waals surface area contributed by atoms with Crippen molar-refractivity contribution in [2.75, 3.05) is 0 Å². The van der Waals surface area contributed by atoms with E-state index in [1.807, 2.05) is 11.3 Å². The Morgan fingerprint density at radius 2 is 2.00 bits per heavy atom. The monoisotopic (exact) mass is 222 g/mol. The molecule has 0 atom stereocenters. The summed E-state index contributed by atoms with van der Waals surface area (Å²) in [5.74, 6) is 2.87. The molecule has 1 fully saturated rings. The SMILES string of the molecule is CC(C)C1CCC(Cc2ccsc2)CC1. The standard InChI is InChI=1S/C14H22S/c1-11(2)14-5-3-12(4-6-14)9-13-7-8-15-10-13/h7-8,10-12,14H,3-6,9H2,1-2H3. The van der Waals surface area contributed by atoms with Crippen molar-refractivity contribution in [3.8, 4) is 0 Å². The summed E-state index contributed by atoms with van der Waals surface area (Å²) in [6.45, 7) is 4.76. The Labute approximate surface area is 97.7 Å². The highest BCUT2D eigenvalue weighted by atomic mass is 32.1. The second-order valence-corrected chi connectivity index (χ2v) is 6.14. The van der Waals surface area contributed by atoms with E-state index >= 15 is 0 Å². The van der Waals surface area contributed by atoms with Crippen molar-refractivity contribution in [2.24, 2.45) is 17.8 Å². The molecule has 0 radical (unpaired) electrons. The van der Waals surface area contributed by atoms with Gasteiger partial charge in [-0.1, -0.05) is 13.8 Å². The van der Waals surface area contributed by atoms with Gasteiger partial charge in [-0.15, -0.1) is 0 Å². The van der Waals surface area contributed by atoms with Gasteiger partial charge in [-0.05, 0) is 72.2 Å². The zero-order chi connectivity index (χ0) is 10.7. The third-order valence-corrected chi connectivity index (χ3v) is 4.67. The van der Waals surface area contributed by atoms with Crippen molar-refractivity contribution in [1.29, 1.82) is 0 Å². The first-order chi connectivity index (χ1) is 7.25. The molecule has 0 saturated heterocycles. The van der Waals surface area contributed by atoms with E-state index in [9.17, 15) is 0 Å². The summed E-state index contributed by atoms with van der Waals surface area (Å²) in [4.78, 5) is 0. The molecule has 0 N–H and O–H groups in total. The van der Waals surface area contributed by atoms with Crippen LogP contribution in [0, 0.1) is 17.8 Å².